The van der Waals surface area contributed by atoms with E-state index in [1.165, 1.54) is 0 Å². The van der Waals surface area contributed by atoms with E-state index in [1.807, 2.05) is 0 Å². The lowest BCUT2D eigenvalue weighted by Gasteiger charge is -2.25. The molecule has 0 saturated carbocycles. The van der Waals surface area contributed by atoms with E-state index < -0.39 is 0 Å². The summed E-state index contributed by atoms with van der Waals surface area (Å²) in [5.41, 5.74) is 0.355. The first-order valence-corrected chi connectivity index (χ1v) is 5.59. The van der Waals surface area contributed by atoms with Crippen molar-refractivity contribution in [2.45, 2.75) is 46.6 Å². The Morgan fingerprint density at radius 2 is 1.58 bits per heavy atom. The fourth-order valence-electron chi connectivity index (χ4n) is 0.672. The molecule has 74 valence electrons. The highest BCUT2D eigenvalue weighted by atomic mass is 79.9. The molecule has 0 aromatic carbocycles. The van der Waals surface area contributed by atoms with Gasteiger partial charge in [-0.05, 0) is 25.7 Å². The molecule has 0 amide bonds. The van der Waals surface area contributed by atoms with Crippen LogP contribution < -0.4 is 0 Å². The molecule has 2 heteroatoms. The molecule has 0 spiro atoms. The van der Waals surface area contributed by atoms with Gasteiger partial charge >= 0.3 is 0 Å². The van der Waals surface area contributed by atoms with Crippen LogP contribution in [0.25, 0.3) is 0 Å². The SMILES string of the molecule is CC(C)(C)CCOC(C)(C)CBr. The van der Waals surface area contributed by atoms with E-state index in [1.54, 1.807) is 0 Å². The summed E-state index contributed by atoms with van der Waals surface area (Å²) in [4.78, 5) is 0. The molecule has 0 aliphatic heterocycles. The molecule has 0 rings (SSSR count). The normalized spacial score (nSPS) is 13.5. The van der Waals surface area contributed by atoms with E-state index in [0.29, 0.717) is 5.41 Å². The minimum absolute atomic E-state index is 0.0226. The summed E-state index contributed by atoms with van der Waals surface area (Å²) in [5, 5.41) is 0.893. The summed E-state index contributed by atoms with van der Waals surface area (Å²) < 4.78 is 5.71. The Morgan fingerprint density at radius 3 is 1.92 bits per heavy atom. The Bertz CT molecular complexity index is 124. The number of hydrogen-bond acceptors (Lipinski definition) is 1. The lowest BCUT2D eigenvalue weighted by molar-refractivity contribution is -0.00956. The van der Waals surface area contributed by atoms with Gasteiger partial charge in [0.15, 0.2) is 0 Å². The first-order chi connectivity index (χ1) is 5.27. The van der Waals surface area contributed by atoms with Gasteiger partial charge in [0.1, 0.15) is 0 Å². The van der Waals surface area contributed by atoms with Crippen LogP contribution in [0.1, 0.15) is 41.0 Å². The summed E-state index contributed by atoms with van der Waals surface area (Å²) in [7, 11) is 0. The molecular weight excluding hydrogens is 216 g/mol. The van der Waals surface area contributed by atoms with Crippen molar-refractivity contribution in [3.63, 3.8) is 0 Å². The van der Waals surface area contributed by atoms with Gasteiger partial charge in [-0.3, -0.25) is 0 Å². The molecule has 0 fully saturated rings. The van der Waals surface area contributed by atoms with Crippen LogP contribution in [0.3, 0.4) is 0 Å². The average Bonchev–Trinajstić information content (AvgIpc) is 1.84. The fourth-order valence-corrected chi connectivity index (χ4v) is 0.834. The van der Waals surface area contributed by atoms with Crippen molar-refractivity contribution in [3.8, 4) is 0 Å². The van der Waals surface area contributed by atoms with E-state index in [2.05, 4.69) is 50.5 Å². The summed E-state index contributed by atoms with van der Waals surface area (Å²) in [6.45, 7) is 11.8. The third-order valence-corrected chi connectivity index (χ3v) is 3.02. The smallest absolute Gasteiger partial charge is 0.0722 e. The van der Waals surface area contributed by atoms with Crippen LogP contribution in [0.5, 0.6) is 0 Å². The lowest BCUT2D eigenvalue weighted by atomic mass is 9.93. The zero-order valence-electron chi connectivity index (χ0n) is 8.91. The number of halogens is 1. The maximum atomic E-state index is 5.71. The second-order valence-corrected chi connectivity index (χ2v) is 5.61. The monoisotopic (exact) mass is 236 g/mol. The first kappa shape index (κ1) is 12.4. The van der Waals surface area contributed by atoms with Crippen LogP contribution in [0.4, 0.5) is 0 Å². The number of hydrogen-bond donors (Lipinski definition) is 0. The molecule has 1 nitrogen and oxygen atoms in total. The first-order valence-electron chi connectivity index (χ1n) is 4.47. The van der Waals surface area contributed by atoms with Gasteiger partial charge in [0, 0.05) is 11.9 Å². The summed E-state index contributed by atoms with van der Waals surface area (Å²) in [5.74, 6) is 0. The van der Waals surface area contributed by atoms with Gasteiger partial charge in [-0.15, -0.1) is 0 Å². The molecule has 0 aliphatic rings. The highest BCUT2D eigenvalue weighted by Gasteiger charge is 2.18. The van der Waals surface area contributed by atoms with Crippen LogP contribution >= 0.6 is 15.9 Å². The van der Waals surface area contributed by atoms with E-state index in [4.69, 9.17) is 4.74 Å². The quantitative estimate of drug-likeness (QED) is 0.678. The highest BCUT2D eigenvalue weighted by molar-refractivity contribution is 9.09. The molecule has 0 N–H and O–H groups in total. The van der Waals surface area contributed by atoms with Crippen molar-refractivity contribution in [1.29, 1.82) is 0 Å². The van der Waals surface area contributed by atoms with Gasteiger partial charge in [0.2, 0.25) is 0 Å². The van der Waals surface area contributed by atoms with Crippen molar-refractivity contribution in [3.05, 3.63) is 0 Å². The number of rotatable bonds is 4. The van der Waals surface area contributed by atoms with Crippen molar-refractivity contribution < 1.29 is 4.74 Å². The van der Waals surface area contributed by atoms with E-state index >= 15 is 0 Å². The van der Waals surface area contributed by atoms with E-state index in [-0.39, 0.29) is 5.60 Å². The van der Waals surface area contributed by atoms with Crippen molar-refractivity contribution in [2.24, 2.45) is 5.41 Å². The Hall–Kier alpha value is 0.440. The molecule has 0 saturated heterocycles. The average molecular weight is 237 g/mol. The van der Waals surface area contributed by atoms with E-state index in [0.717, 1.165) is 18.4 Å². The molecule has 0 aromatic rings. The lowest BCUT2D eigenvalue weighted by Crippen LogP contribution is -2.27. The fraction of sp³-hybridized carbons (Fsp3) is 1.00. The predicted molar refractivity (Wildman–Crippen MR) is 57.9 cm³/mol. The summed E-state index contributed by atoms with van der Waals surface area (Å²) >= 11 is 3.43. The predicted octanol–water partition coefficient (Wildman–Crippen LogP) is 3.61. The maximum absolute atomic E-state index is 5.71. The van der Waals surface area contributed by atoms with Crippen LogP contribution in [0.2, 0.25) is 0 Å². The maximum Gasteiger partial charge on any atom is 0.0722 e. The minimum atomic E-state index is -0.0226. The van der Waals surface area contributed by atoms with E-state index in [9.17, 15) is 0 Å². The molecule has 0 atom stereocenters. The third-order valence-electron chi connectivity index (χ3n) is 1.67. The van der Waals surface area contributed by atoms with Gasteiger partial charge in [-0.2, -0.15) is 0 Å². The third kappa shape index (κ3) is 7.11. The van der Waals surface area contributed by atoms with Crippen molar-refractivity contribution in [2.75, 3.05) is 11.9 Å². The molecule has 0 radical (unpaired) electrons. The largest absolute Gasteiger partial charge is 0.375 e. The topological polar surface area (TPSA) is 9.23 Å². The van der Waals surface area contributed by atoms with Crippen LogP contribution in [-0.4, -0.2) is 17.5 Å². The Balaban J connectivity index is 3.57. The Morgan fingerprint density at radius 1 is 1.08 bits per heavy atom. The van der Waals surface area contributed by atoms with Crippen LogP contribution in [0, 0.1) is 5.41 Å². The van der Waals surface area contributed by atoms with Gasteiger partial charge < -0.3 is 4.74 Å². The summed E-state index contributed by atoms with van der Waals surface area (Å²) in [6, 6.07) is 0. The summed E-state index contributed by atoms with van der Waals surface area (Å²) in [6.07, 6.45) is 1.11. The molecule has 0 heterocycles. The number of ether oxygens (including phenoxy) is 1. The Kier molecular flexibility index (Phi) is 4.78. The zero-order valence-corrected chi connectivity index (χ0v) is 10.5. The minimum Gasteiger partial charge on any atom is -0.375 e. The molecule has 0 aromatic heterocycles. The van der Waals surface area contributed by atoms with Crippen LogP contribution in [0.15, 0.2) is 0 Å². The molecule has 0 aliphatic carbocycles. The van der Waals surface area contributed by atoms with Crippen LogP contribution in [-0.2, 0) is 4.74 Å². The Labute approximate surface area is 85.0 Å². The standard InChI is InChI=1S/C10H21BrO/c1-9(2,3)6-7-12-10(4,5)8-11/h6-8H2,1-5H3. The van der Waals surface area contributed by atoms with Crippen molar-refractivity contribution in [1.82, 2.24) is 0 Å². The molecule has 0 unspecified atom stereocenters. The van der Waals surface area contributed by atoms with Gasteiger partial charge in [0.05, 0.1) is 5.60 Å². The van der Waals surface area contributed by atoms with Gasteiger partial charge in [-0.1, -0.05) is 36.7 Å². The second kappa shape index (κ2) is 4.61. The molecule has 12 heavy (non-hydrogen) atoms. The molecular formula is C10H21BrO. The zero-order chi connectivity index (χ0) is 9.83. The molecule has 0 bridgehead atoms. The van der Waals surface area contributed by atoms with Gasteiger partial charge in [0.25, 0.3) is 0 Å². The second-order valence-electron chi connectivity index (χ2n) is 5.05. The van der Waals surface area contributed by atoms with Gasteiger partial charge in [-0.25, -0.2) is 0 Å². The van der Waals surface area contributed by atoms with Crippen molar-refractivity contribution >= 4 is 15.9 Å². The number of alkyl halides is 1. The highest BCUT2D eigenvalue weighted by Crippen LogP contribution is 2.20.